The van der Waals surface area contributed by atoms with Gasteiger partial charge in [-0.25, -0.2) is 12.8 Å². The van der Waals surface area contributed by atoms with Crippen LogP contribution in [0.2, 0.25) is 0 Å². The van der Waals surface area contributed by atoms with E-state index < -0.39 is 40.2 Å². The average molecular weight is 649 g/mol. The standard InChI is InChI=1S/C30H35BrFN3O5S/c1-5-21(3)33-30(37)22(4)34(19-23-9-7-8-10-28(23)32)29(36)20-35(25-13-15-26(16-14-25)40-6-2)41(38,39)27-17-11-24(31)12-18-27/h7-18,21-22H,5-6,19-20H2,1-4H3,(H,33,37)/t21-,22+/m1/s1. The monoisotopic (exact) mass is 647 g/mol. The predicted octanol–water partition coefficient (Wildman–Crippen LogP) is 5.51. The molecule has 0 radical (unpaired) electrons. The van der Waals surface area contributed by atoms with E-state index in [1.165, 1.54) is 35.2 Å². The molecule has 8 nitrogen and oxygen atoms in total. The quantitative estimate of drug-likeness (QED) is 0.264. The van der Waals surface area contributed by atoms with Crippen molar-refractivity contribution in [1.29, 1.82) is 0 Å². The van der Waals surface area contributed by atoms with E-state index in [0.29, 0.717) is 23.2 Å². The van der Waals surface area contributed by atoms with E-state index in [0.717, 1.165) is 4.31 Å². The normalized spacial score (nSPS) is 12.7. The first-order chi connectivity index (χ1) is 19.5. The minimum atomic E-state index is -4.22. The molecule has 3 aromatic carbocycles. The Morgan fingerprint density at radius 1 is 0.976 bits per heavy atom. The lowest BCUT2D eigenvalue weighted by Crippen LogP contribution is -2.52. The second-order valence-electron chi connectivity index (χ2n) is 9.50. The molecule has 11 heteroatoms. The number of hydrogen-bond donors (Lipinski definition) is 1. The van der Waals surface area contributed by atoms with Crippen LogP contribution < -0.4 is 14.4 Å². The average Bonchev–Trinajstić information content (AvgIpc) is 2.95. The summed E-state index contributed by atoms with van der Waals surface area (Å²) in [6.07, 6.45) is 0.677. The predicted molar refractivity (Wildman–Crippen MR) is 161 cm³/mol. The van der Waals surface area contributed by atoms with Crippen molar-refractivity contribution in [2.45, 2.75) is 57.6 Å². The summed E-state index contributed by atoms with van der Waals surface area (Å²) in [4.78, 5) is 28.2. The molecule has 3 rings (SSSR count). The molecule has 3 aromatic rings. The van der Waals surface area contributed by atoms with Gasteiger partial charge in [0.15, 0.2) is 0 Å². The van der Waals surface area contributed by atoms with Crippen molar-refractivity contribution < 1.29 is 27.1 Å². The van der Waals surface area contributed by atoms with Gasteiger partial charge in [-0.2, -0.15) is 0 Å². The highest BCUT2D eigenvalue weighted by molar-refractivity contribution is 9.10. The van der Waals surface area contributed by atoms with Crippen LogP contribution >= 0.6 is 15.9 Å². The van der Waals surface area contributed by atoms with Crippen LogP contribution in [0.4, 0.5) is 10.1 Å². The van der Waals surface area contributed by atoms with Gasteiger partial charge in [-0.15, -0.1) is 0 Å². The molecule has 2 amide bonds. The molecule has 0 saturated heterocycles. The molecule has 220 valence electrons. The van der Waals surface area contributed by atoms with Crippen LogP contribution in [0.25, 0.3) is 0 Å². The van der Waals surface area contributed by atoms with E-state index in [4.69, 9.17) is 4.74 Å². The molecule has 0 unspecified atom stereocenters. The van der Waals surface area contributed by atoms with Gasteiger partial charge in [0.2, 0.25) is 11.8 Å². The van der Waals surface area contributed by atoms with Gasteiger partial charge in [0, 0.05) is 22.6 Å². The maximum absolute atomic E-state index is 14.7. The van der Waals surface area contributed by atoms with Gasteiger partial charge in [-0.3, -0.25) is 13.9 Å². The summed E-state index contributed by atoms with van der Waals surface area (Å²) in [5, 5.41) is 2.85. The zero-order valence-corrected chi connectivity index (χ0v) is 25.9. The van der Waals surface area contributed by atoms with Gasteiger partial charge in [-0.05, 0) is 81.8 Å². The van der Waals surface area contributed by atoms with E-state index in [2.05, 4.69) is 21.2 Å². The van der Waals surface area contributed by atoms with Gasteiger partial charge in [0.25, 0.3) is 10.0 Å². The highest BCUT2D eigenvalue weighted by Gasteiger charge is 2.33. The zero-order valence-electron chi connectivity index (χ0n) is 23.5. The number of anilines is 1. The molecule has 0 saturated carbocycles. The summed E-state index contributed by atoms with van der Waals surface area (Å²) in [7, 11) is -4.22. The molecule has 0 spiro atoms. The van der Waals surface area contributed by atoms with Crippen LogP contribution in [-0.2, 0) is 26.2 Å². The summed E-state index contributed by atoms with van der Waals surface area (Å²) in [5.74, 6) is -1.09. The fourth-order valence-corrected chi connectivity index (χ4v) is 5.67. The number of hydrogen-bond acceptors (Lipinski definition) is 5. The Bertz CT molecular complexity index is 1440. The molecule has 41 heavy (non-hydrogen) atoms. The number of halogens is 2. The van der Waals surface area contributed by atoms with Crippen molar-refractivity contribution in [2.24, 2.45) is 0 Å². The van der Waals surface area contributed by atoms with Gasteiger partial charge >= 0.3 is 0 Å². The number of ether oxygens (including phenoxy) is 1. The number of nitrogens with zero attached hydrogens (tertiary/aromatic N) is 2. The molecule has 2 atom stereocenters. The van der Waals surface area contributed by atoms with Gasteiger partial charge in [-0.1, -0.05) is 41.1 Å². The SMILES string of the molecule is CCOc1ccc(N(CC(=O)N(Cc2ccccc2F)[C@@H](C)C(=O)N[C@H](C)CC)S(=O)(=O)c2ccc(Br)cc2)cc1. The van der Waals surface area contributed by atoms with Crippen molar-refractivity contribution >= 4 is 43.5 Å². The first-order valence-corrected chi connectivity index (χ1v) is 15.6. The smallest absolute Gasteiger partial charge is 0.264 e. The number of rotatable bonds is 13. The number of carbonyl (C=O) groups excluding carboxylic acids is 2. The number of sulfonamides is 1. The van der Waals surface area contributed by atoms with Crippen molar-refractivity contribution in [3.05, 3.63) is 88.6 Å². The van der Waals surface area contributed by atoms with Gasteiger partial charge in [0.1, 0.15) is 24.2 Å². The van der Waals surface area contributed by atoms with Crippen LogP contribution in [0.3, 0.4) is 0 Å². The minimum absolute atomic E-state index is 0.0226. The summed E-state index contributed by atoms with van der Waals surface area (Å²) in [5.41, 5.74) is 0.430. The molecule has 0 aromatic heterocycles. The second-order valence-corrected chi connectivity index (χ2v) is 12.3. The fourth-order valence-electron chi connectivity index (χ4n) is 4.00. The maximum atomic E-state index is 14.7. The lowest BCUT2D eigenvalue weighted by atomic mass is 10.1. The number of amides is 2. The second kappa shape index (κ2) is 14.5. The van der Waals surface area contributed by atoms with Crippen LogP contribution in [-0.4, -0.2) is 50.4 Å². The lowest BCUT2D eigenvalue weighted by molar-refractivity contribution is -0.139. The van der Waals surface area contributed by atoms with Crippen LogP contribution in [0, 0.1) is 5.82 Å². The van der Waals surface area contributed by atoms with E-state index in [1.807, 2.05) is 20.8 Å². The van der Waals surface area contributed by atoms with Crippen LogP contribution in [0.1, 0.15) is 39.7 Å². The molecule has 0 fully saturated rings. The first kappa shape index (κ1) is 32.1. The van der Waals surface area contributed by atoms with Gasteiger partial charge in [0.05, 0.1) is 17.2 Å². The van der Waals surface area contributed by atoms with Crippen molar-refractivity contribution in [2.75, 3.05) is 17.5 Å². The molecular formula is C30H35BrFN3O5S. The Morgan fingerprint density at radius 3 is 2.20 bits per heavy atom. The summed E-state index contributed by atoms with van der Waals surface area (Å²) < 4.78 is 49.6. The summed E-state index contributed by atoms with van der Waals surface area (Å²) >= 11 is 3.31. The zero-order chi connectivity index (χ0) is 30.2. The van der Waals surface area contributed by atoms with E-state index >= 15 is 0 Å². The van der Waals surface area contributed by atoms with Crippen LogP contribution in [0.5, 0.6) is 5.75 Å². The molecule has 0 aliphatic carbocycles. The van der Waals surface area contributed by atoms with Crippen LogP contribution in [0.15, 0.2) is 82.2 Å². The largest absolute Gasteiger partial charge is 0.494 e. The van der Waals surface area contributed by atoms with E-state index in [9.17, 15) is 22.4 Å². The fraction of sp³-hybridized carbons (Fsp3) is 0.333. The number of nitrogens with one attached hydrogen (secondary N) is 1. The molecule has 0 aliphatic heterocycles. The third-order valence-corrected chi connectivity index (χ3v) is 8.90. The molecule has 0 bridgehead atoms. The topological polar surface area (TPSA) is 96.0 Å². The Kier molecular flexibility index (Phi) is 11.3. The molecule has 0 heterocycles. The highest BCUT2D eigenvalue weighted by Crippen LogP contribution is 2.27. The highest BCUT2D eigenvalue weighted by atomic mass is 79.9. The minimum Gasteiger partial charge on any atom is -0.494 e. The van der Waals surface area contributed by atoms with E-state index in [-0.39, 0.29) is 28.7 Å². The Hall–Kier alpha value is -3.44. The van der Waals surface area contributed by atoms with Crippen molar-refractivity contribution in [3.8, 4) is 5.75 Å². The Balaban J connectivity index is 2.04. The van der Waals surface area contributed by atoms with Crippen molar-refractivity contribution in [3.63, 3.8) is 0 Å². The molecule has 0 aliphatic rings. The van der Waals surface area contributed by atoms with Crippen molar-refractivity contribution in [1.82, 2.24) is 10.2 Å². The lowest BCUT2D eigenvalue weighted by Gasteiger charge is -2.32. The molecule has 1 N–H and O–H groups in total. The third-order valence-electron chi connectivity index (χ3n) is 6.58. The third kappa shape index (κ3) is 8.29. The van der Waals surface area contributed by atoms with Gasteiger partial charge < -0.3 is 15.0 Å². The Labute approximate surface area is 249 Å². The summed E-state index contributed by atoms with van der Waals surface area (Å²) in [6.45, 7) is 6.71. The van der Waals surface area contributed by atoms with E-state index in [1.54, 1.807) is 49.4 Å². The molecular weight excluding hydrogens is 613 g/mol. The maximum Gasteiger partial charge on any atom is 0.264 e. The number of benzene rings is 3. The summed E-state index contributed by atoms with van der Waals surface area (Å²) in [6, 6.07) is 17.2. The number of carbonyl (C=O) groups is 2. The Morgan fingerprint density at radius 2 is 1.61 bits per heavy atom. The first-order valence-electron chi connectivity index (χ1n) is 13.3.